The predicted octanol–water partition coefficient (Wildman–Crippen LogP) is 2.06. The molecule has 1 heterocycles. The van der Waals surface area contributed by atoms with Crippen molar-refractivity contribution >= 4 is 27.5 Å². The van der Waals surface area contributed by atoms with E-state index in [1.165, 1.54) is 13.0 Å². The van der Waals surface area contributed by atoms with Crippen molar-refractivity contribution in [3.63, 3.8) is 0 Å². The summed E-state index contributed by atoms with van der Waals surface area (Å²) in [4.78, 5) is 0.0991. The molecular formula is C13H19FN2O2S2. The van der Waals surface area contributed by atoms with Gasteiger partial charge in [-0.05, 0) is 54.9 Å². The zero-order valence-electron chi connectivity index (χ0n) is 11.6. The second-order valence-electron chi connectivity index (χ2n) is 5.12. The van der Waals surface area contributed by atoms with Crippen LogP contribution in [-0.4, -0.2) is 26.5 Å². The first kappa shape index (κ1) is 15.6. The van der Waals surface area contributed by atoms with Crippen molar-refractivity contribution < 1.29 is 12.8 Å². The number of benzene rings is 1. The maximum Gasteiger partial charge on any atom is 0.241 e. The Balaban J connectivity index is 2.27. The lowest BCUT2D eigenvalue weighted by Crippen LogP contribution is -2.30. The summed E-state index contributed by atoms with van der Waals surface area (Å²) in [5.74, 6) is 1.85. The minimum atomic E-state index is -3.65. The van der Waals surface area contributed by atoms with Gasteiger partial charge in [0.1, 0.15) is 5.82 Å². The molecule has 1 aliphatic rings. The van der Waals surface area contributed by atoms with Gasteiger partial charge in [-0.25, -0.2) is 17.5 Å². The van der Waals surface area contributed by atoms with Crippen LogP contribution in [0.2, 0.25) is 0 Å². The van der Waals surface area contributed by atoms with Gasteiger partial charge in [0, 0.05) is 6.54 Å². The number of hydrogen-bond donors (Lipinski definition) is 2. The molecule has 20 heavy (non-hydrogen) atoms. The van der Waals surface area contributed by atoms with Gasteiger partial charge in [-0.15, -0.1) is 0 Å². The lowest BCUT2D eigenvalue weighted by Gasteiger charge is -2.16. The van der Waals surface area contributed by atoms with Gasteiger partial charge in [-0.1, -0.05) is 0 Å². The fourth-order valence-electron chi connectivity index (χ4n) is 2.39. The van der Waals surface area contributed by atoms with E-state index < -0.39 is 15.8 Å². The molecule has 3 N–H and O–H groups in total. The normalized spacial score (nSPS) is 19.4. The van der Waals surface area contributed by atoms with Crippen LogP contribution in [0.4, 0.5) is 10.1 Å². The molecule has 1 fully saturated rings. The average molecular weight is 318 g/mol. The van der Waals surface area contributed by atoms with Gasteiger partial charge in [0.05, 0.1) is 10.6 Å². The first-order valence-corrected chi connectivity index (χ1v) is 9.09. The lowest BCUT2D eigenvalue weighted by atomic mass is 10.1. The molecule has 0 spiro atoms. The number of anilines is 1. The fourth-order valence-corrected chi connectivity index (χ4v) is 5.27. The van der Waals surface area contributed by atoms with Crippen LogP contribution in [0.15, 0.2) is 11.0 Å². The molecule has 0 radical (unpaired) electrons. The molecule has 0 amide bonds. The fraction of sp³-hybridized carbons (Fsp3) is 0.538. The van der Waals surface area contributed by atoms with Gasteiger partial charge in [0.15, 0.2) is 0 Å². The van der Waals surface area contributed by atoms with Gasteiger partial charge < -0.3 is 5.73 Å². The summed E-state index contributed by atoms with van der Waals surface area (Å²) >= 11 is 1.83. The second-order valence-corrected chi connectivity index (χ2v) is 7.98. The average Bonchev–Trinajstić information content (AvgIpc) is 2.86. The number of aryl methyl sites for hydroxylation is 1. The zero-order chi connectivity index (χ0) is 14.9. The molecule has 0 aromatic heterocycles. The maximum atomic E-state index is 13.5. The molecule has 4 nitrogen and oxygen atoms in total. The highest BCUT2D eigenvalue weighted by atomic mass is 32.2. The van der Waals surface area contributed by atoms with Gasteiger partial charge in [0.25, 0.3) is 0 Å². The molecule has 1 saturated heterocycles. The van der Waals surface area contributed by atoms with E-state index in [0.717, 1.165) is 17.9 Å². The Morgan fingerprint density at radius 1 is 1.50 bits per heavy atom. The van der Waals surface area contributed by atoms with Crippen molar-refractivity contribution in [2.75, 3.05) is 23.8 Å². The van der Waals surface area contributed by atoms with Crippen molar-refractivity contribution in [3.05, 3.63) is 23.0 Å². The summed E-state index contributed by atoms with van der Waals surface area (Å²) in [5.41, 5.74) is 6.14. The Hall–Kier alpha value is -0.790. The van der Waals surface area contributed by atoms with Crippen LogP contribution in [0.1, 0.15) is 17.5 Å². The third kappa shape index (κ3) is 3.10. The van der Waals surface area contributed by atoms with E-state index in [4.69, 9.17) is 5.73 Å². The summed E-state index contributed by atoms with van der Waals surface area (Å²) in [6.07, 6.45) is 1.02. The van der Waals surface area contributed by atoms with Gasteiger partial charge >= 0.3 is 0 Å². The number of nitrogens with two attached hydrogens (primary N) is 1. The van der Waals surface area contributed by atoms with Crippen molar-refractivity contribution in [2.45, 2.75) is 25.2 Å². The molecule has 1 aromatic carbocycles. The molecule has 112 valence electrons. The van der Waals surface area contributed by atoms with Crippen molar-refractivity contribution in [3.8, 4) is 0 Å². The summed E-state index contributed by atoms with van der Waals surface area (Å²) in [5, 5.41) is 0. The van der Waals surface area contributed by atoms with Crippen LogP contribution in [-0.2, 0) is 10.0 Å². The molecule has 1 atom stereocenters. The van der Waals surface area contributed by atoms with Crippen LogP contribution in [0.5, 0.6) is 0 Å². The third-order valence-corrected chi connectivity index (χ3v) is 6.50. The van der Waals surface area contributed by atoms with Gasteiger partial charge in [0.2, 0.25) is 10.0 Å². The Bertz CT molecular complexity index is 611. The molecule has 0 bridgehead atoms. The monoisotopic (exact) mass is 318 g/mol. The van der Waals surface area contributed by atoms with Crippen LogP contribution in [0.3, 0.4) is 0 Å². The molecule has 1 aromatic rings. The highest BCUT2D eigenvalue weighted by Gasteiger charge is 2.24. The molecule has 2 rings (SSSR count). The zero-order valence-corrected chi connectivity index (χ0v) is 13.2. The van der Waals surface area contributed by atoms with Crippen LogP contribution >= 0.6 is 11.8 Å². The minimum Gasteiger partial charge on any atom is -0.396 e. The van der Waals surface area contributed by atoms with Crippen molar-refractivity contribution in [2.24, 2.45) is 5.92 Å². The summed E-state index contributed by atoms with van der Waals surface area (Å²) in [6.45, 7) is 3.53. The maximum absolute atomic E-state index is 13.5. The highest BCUT2D eigenvalue weighted by Crippen LogP contribution is 2.28. The van der Waals surface area contributed by atoms with E-state index in [9.17, 15) is 12.8 Å². The summed E-state index contributed by atoms with van der Waals surface area (Å²) in [7, 11) is -3.65. The molecule has 0 saturated carbocycles. The Morgan fingerprint density at radius 3 is 2.80 bits per heavy atom. The lowest BCUT2D eigenvalue weighted by molar-refractivity contribution is 0.544. The topological polar surface area (TPSA) is 72.2 Å². The van der Waals surface area contributed by atoms with Crippen molar-refractivity contribution in [1.29, 1.82) is 0 Å². The largest absolute Gasteiger partial charge is 0.396 e. The molecule has 0 aliphatic carbocycles. The van der Waals surface area contributed by atoms with Gasteiger partial charge in [-0.3, -0.25) is 0 Å². The first-order valence-electron chi connectivity index (χ1n) is 6.45. The summed E-state index contributed by atoms with van der Waals surface area (Å²) in [6, 6.07) is 1.17. The number of sulfonamides is 1. The van der Waals surface area contributed by atoms with Crippen LogP contribution in [0.25, 0.3) is 0 Å². The van der Waals surface area contributed by atoms with E-state index >= 15 is 0 Å². The molecule has 7 heteroatoms. The molecule has 1 unspecified atom stereocenters. The number of nitrogens with one attached hydrogen (secondary N) is 1. The van der Waals surface area contributed by atoms with Gasteiger partial charge in [-0.2, -0.15) is 11.8 Å². The predicted molar refractivity (Wildman–Crippen MR) is 80.9 cm³/mol. The van der Waals surface area contributed by atoms with Crippen molar-refractivity contribution in [1.82, 2.24) is 4.72 Å². The number of nitrogen functional groups attached to an aromatic ring is 1. The van der Waals surface area contributed by atoms with E-state index in [0.29, 0.717) is 18.0 Å². The smallest absolute Gasteiger partial charge is 0.241 e. The Morgan fingerprint density at radius 2 is 2.20 bits per heavy atom. The van der Waals surface area contributed by atoms with E-state index in [-0.39, 0.29) is 16.1 Å². The molecule has 1 aliphatic heterocycles. The minimum absolute atomic E-state index is 0.0991. The number of hydrogen-bond acceptors (Lipinski definition) is 4. The Kier molecular flexibility index (Phi) is 4.61. The summed E-state index contributed by atoms with van der Waals surface area (Å²) < 4.78 is 40.9. The second kappa shape index (κ2) is 5.91. The van der Waals surface area contributed by atoms with E-state index in [1.54, 1.807) is 6.92 Å². The Labute approximate surface area is 123 Å². The number of rotatable bonds is 4. The van der Waals surface area contributed by atoms with E-state index in [1.807, 2.05) is 11.8 Å². The van der Waals surface area contributed by atoms with E-state index in [2.05, 4.69) is 4.72 Å². The van der Waals surface area contributed by atoms with Crippen LogP contribution < -0.4 is 10.5 Å². The molecular weight excluding hydrogens is 299 g/mol. The SMILES string of the molecule is Cc1cc(F)c(N)c(C)c1S(=O)(=O)NCC1CCSC1. The number of thioether (sulfide) groups is 1. The first-order chi connectivity index (χ1) is 9.33. The standard InChI is InChI=1S/C13H19FN2O2S2/c1-8-5-11(14)12(15)9(2)13(8)20(17,18)16-6-10-3-4-19-7-10/h5,10,16H,3-4,6-7,15H2,1-2H3. The number of halogens is 1. The third-order valence-electron chi connectivity index (χ3n) is 3.56. The highest BCUT2D eigenvalue weighted by molar-refractivity contribution is 7.99. The quantitative estimate of drug-likeness (QED) is 0.834. The van der Waals surface area contributed by atoms with Crippen LogP contribution in [0, 0.1) is 25.6 Å².